The third kappa shape index (κ3) is 4.81. The number of amides is 1. The third-order valence-corrected chi connectivity index (χ3v) is 7.09. The number of halogens is 1. The lowest BCUT2D eigenvalue weighted by atomic mass is 10.1. The molecule has 0 radical (unpaired) electrons. The number of benzene rings is 3. The van der Waals surface area contributed by atoms with Gasteiger partial charge in [0, 0.05) is 28.3 Å². The number of hydrogen-bond acceptors (Lipinski definition) is 5. The summed E-state index contributed by atoms with van der Waals surface area (Å²) in [7, 11) is 0. The number of rotatable bonds is 5. The highest BCUT2D eigenvalue weighted by Crippen LogP contribution is 2.33. The van der Waals surface area contributed by atoms with E-state index in [0.717, 1.165) is 42.9 Å². The summed E-state index contributed by atoms with van der Waals surface area (Å²) in [5.74, 6) is 0.661. The van der Waals surface area contributed by atoms with E-state index in [1.165, 1.54) is 17.8 Å². The Balaban J connectivity index is 1.43. The molecule has 0 bridgehead atoms. The average Bonchev–Trinajstić information content (AvgIpc) is 3.13. The molecular weight excluding hydrogens is 461 g/mol. The van der Waals surface area contributed by atoms with Gasteiger partial charge in [0.25, 0.3) is 5.91 Å². The van der Waals surface area contributed by atoms with Gasteiger partial charge in [-0.2, -0.15) is 5.26 Å². The fourth-order valence-corrected chi connectivity index (χ4v) is 5.18. The maximum atomic E-state index is 14.7. The van der Waals surface area contributed by atoms with Gasteiger partial charge in [-0.05, 0) is 55.3 Å². The molecule has 174 valence electrons. The Bertz CT molecular complexity index is 1440. The zero-order valence-electron chi connectivity index (χ0n) is 18.9. The molecule has 1 aromatic heterocycles. The van der Waals surface area contributed by atoms with Crippen LogP contribution in [-0.2, 0) is 13.0 Å². The van der Waals surface area contributed by atoms with Gasteiger partial charge in [-0.3, -0.25) is 4.79 Å². The number of nitrogens with one attached hydrogen (secondary N) is 1. The van der Waals surface area contributed by atoms with Crippen molar-refractivity contribution in [1.82, 2.24) is 14.8 Å². The number of aromatic nitrogens is 3. The highest BCUT2D eigenvalue weighted by atomic mass is 32.2. The zero-order chi connectivity index (χ0) is 24.2. The number of fused-ring (bicyclic) bond motifs is 1. The van der Waals surface area contributed by atoms with E-state index in [1.807, 2.05) is 24.3 Å². The molecule has 6 nitrogen and oxygen atoms in total. The summed E-state index contributed by atoms with van der Waals surface area (Å²) in [6.45, 7) is 0.825. The van der Waals surface area contributed by atoms with Gasteiger partial charge in [-0.15, -0.1) is 10.2 Å². The van der Waals surface area contributed by atoms with E-state index >= 15 is 0 Å². The van der Waals surface area contributed by atoms with Crippen molar-refractivity contribution in [3.8, 4) is 17.5 Å². The van der Waals surface area contributed by atoms with Crippen molar-refractivity contribution in [3.05, 3.63) is 89.5 Å². The summed E-state index contributed by atoms with van der Waals surface area (Å²) in [5.41, 5.74) is 1.70. The maximum absolute atomic E-state index is 14.7. The Morgan fingerprint density at radius 3 is 2.66 bits per heavy atom. The second-order valence-corrected chi connectivity index (χ2v) is 9.34. The average molecular weight is 484 g/mol. The van der Waals surface area contributed by atoms with Crippen LogP contribution in [0.25, 0.3) is 11.4 Å². The molecule has 0 saturated carbocycles. The molecule has 0 unspecified atom stereocenters. The van der Waals surface area contributed by atoms with Crippen molar-refractivity contribution >= 4 is 23.4 Å². The molecule has 4 aromatic rings. The van der Waals surface area contributed by atoms with Crippen molar-refractivity contribution < 1.29 is 9.18 Å². The minimum atomic E-state index is -0.530. The Morgan fingerprint density at radius 1 is 1.00 bits per heavy atom. The van der Waals surface area contributed by atoms with Crippen LogP contribution in [0.5, 0.6) is 0 Å². The molecule has 35 heavy (non-hydrogen) atoms. The molecule has 0 atom stereocenters. The second-order valence-electron chi connectivity index (χ2n) is 8.26. The first-order chi connectivity index (χ1) is 17.1. The highest BCUT2D eigenvalue weighted by molar-refractivity contribution is 7.99. The normalized spacial score (nSPS) is 12.9. The molecule has 1 N–H and O–H groups in total. The van der Waals surface area contributed by atoms with E-state index < -0.39 is 11.7 Å². The van der Waals surface area contributed by atoms with E-state index in [4.69, 9.17) is 0 Å². The van der Waals surface area contributed by atoms with Gasteiger partial charge in [0.15, 0.2) is 5.82 Å². The predicted octanol–water partition coefficient (Wildman–Crippen LogP) is 6.09. The van der Waals surface area contributed by atoms with Crippen LogP contribution in [0, 0.1) is 17.1 Å². The number of carbonyl (C=O) groups excluding carboxylic acids is 1. The standard InChI is InChI=1S/C27H22FN5OS/c28-21-14-13-18(26-32-31-25-12-2-1-7-15-33(25)26)16-22(21)30-27(34)20-9-4-6-11-24(20)35-23-10-5-3-8-19(23)17-29/h3-6,8-11,13-14,16H,1-2,7,12,15H2,(H,30,34). The smallest absolute Gasteiger partial charge is 0.256 e. The molecule has 3 aromatic carbocycles. The Kier molecular flexibility index (Phi) is 6.59. The van der Waals surface area contributed by atoms with E-state index in [9.17, 15) is 14.4 Å². The molecule has 1 aliphatic heterocycles. The first-order valence-electron chi connectivity index (χ1n) is 11.4. The first kappa shape index (κ1) is 22.8. The number of nitrogens with zero attached hydrogens (tertiary/aromatic N) is 4. The minimum absolute atomic E-state index is 0.0794. The maximum Gasteiger partial charge on any atom is 0.256 e. The van der Waals surface area contributed by atoms with Crippen LogP contribution in [0.2, 0.25) is 0 Å². The molecule has 0 saturated heterocycles. The monoisotopic (exact) mass is 483 g/mol. The number of nitriles is 1. The van der Waals surface area contributed by atoms with Gasteiger partial charge >= 0.3 is 0 Å². The molecule has 5 rings (SSSR count). The molecule has 1 amide bonds. The molecule has 0 fully saturated rings. The first-order valence-corrected chi connectivity index (χ1v) is 12.2. The summed E-state index contributed by atoms with van der Waals surface area (Å²) in [4.78, 5) is 14.6. The second kappa shape index (κ2) is 10.1. The largest absolute Gasteiger partial charge is 0.319 e. The summed E-state index contributed by atoms with van der Waals surface area (Å²) in [6.07, 6.45) is 4.15. The molecular formula is C27H22FN5OS. The molecule has 2 heterocycles. The Labute approximate surface area is 206 Å². The van der Waals surface area contributed by atoms with Crippen LogP contribution >= 0.6 is 11.8 Å². The van der Waals surface area contributed by atoms with Gasteiger partial charge in [0.2, 0.25) is 0 Å². The topological polar surface area (TPSA) is 83.6 Å². The molecule has 8 heteroatoms. The van der Waals surface area contributed by atoms with Gasteiger partial charge in [0.1, 0.15) is 17.7 Å². The van der Waals surface area contributed by atoms with Crippen molar-refractivity contribution in [2.75, 3.05) is 5.32 Å². The van der Waals surface area contributed by atoms with Crippen molar-refractivity contribution in [3.63, 3.8) is 0 Å². The number of aryl methyl sites for hydroxylation is 1. The van der Waals surface area contributed by atoms with Crippen molar-refractivity contribution in [2.45, 2.75) is 42.0 Å². The Morgan fingerprint density at radius 2 is 1.80 bits per heavy atom. The fourth-order valence-electron chi connectivity index (χ4n) is 4.16. The van der Waals surface area contributed by atoms with Gasteiger partial charge < -0.3 is 9.88 Å². The summed E-state index contributed by atoms with van der Waals surface area (Å²) >= 11 is 1.33. The zero-order valence-corrected chi connectivity index (χ0v) is 19.7. The van der Waals surface area contributed by atoms with Crippen LogP contribution in [0.4, 0.5) is 10.1 Å². The van der Waals surface area contributed by atoms with Crippen LogP contribution in [0.1, 0.15) is 41.0 Å². The summed E-state index contributed by atoms with van der Waals surface area (Å²) < 4.78 is 16.8. The van der Waals surface area contributed by atoms with Crippen molar-refractivity contribution in [1.29, 1.82) is 5.26 Å². The SMILES string of the molecule is N#Cc1ccccc1Sc1ccccc1C(=O)Nc1cc(-c2nnc3n2CCCCC3)ccc1F. The van der Waals surface area contributed by atoms with E-state index in [-0.39, 0.29) is 5.69 Å². The summed E-state index contributed by atoms with van der Waals surface area (Å²) in [6, 6.07) is 21.1. The predicted molar refractivity (Wildman–Crippen MR) is 133 cm³/mol. The van der Waals surface area contributed by atoms with Crippen LogP contribution in [0.3, 0.4) is 0 Å². The number of hydrogen-bond donors (Lipinski definition) is 1. The molecule has 0 spiro atoms. The van der Waals surface area contributed by atoms with Gasteiger partial charge in [0.05, 0.1) is 16.8 Å². The summed E-state index contributed by atoms with van der Waals surface area (Å²) in [5, 5.41) is 20.8. The third-order valence-electron chi connectivity index (χ3n) is 5.94. The fraction of sp³-hybridized carbons (Fsp3) is 0.185. The van der Waals surface area contributed by atoms with E-state index in [0.29, 0.717) is 27.4 Å². The van der Waals surface area contributed by atoms with Crippen LogP contribution in [0.15, 0.2) is 76.5 Å². The lowest BCUT2D eigenvalue weighted by molar-refractivity contribution is 0.102. The van der Waals surface area contributed by atoms with E-state index in [1.54, 1.807) is 36.4 Å². The lowest BCUT2D eigenvalue weighted by Gasteiger charge is -2.13. The quantitative estimate of drug-likeness (QED) is 0.372. The molecule has 1 aliphatic rings. The number of carbonyl (C=O) groups is 1. The minimum Gasteiger partial charge on any atom is -0.319 e. The number of anilines is 1. The highest BCUT2D eigenvalue weighted by Gasteiger charge is 2.19. The lowest BCUT2D eigenvalue weighted by Crippen LogP contribution is -2.14. The molecule has 0 aliphatic carbocycles. The van der Waals surface area contributed by atoms with E-state index in [2.05, 4.69) is 26.2 Å². The Hall–Kier alpha value is -3.96. The van der Waals surface area contributed by atoms with Gasteiger partial charge in [-0.1, -0.05) is 42.4 Å². The van der Waals surface area contributed by atoms with Crippen LogP contribution in [-0.4, -0.2) is 20.7 Å². The van der Waals surface area contributed by atoms with Crippen LogP contribution < -0.4 is 5.32 Å². The van der Waals surface area contributed by atoms with Gasteiger partial charge in [-0.25, -0.2) is 4.39 Å². The van der Waals surface area contributed by atoms with Crippen molar-refractivity contribution in [2.24, 2.45) is 0 Å².